The van der Waals surface area contributed by atoms with Crippen molar-refractivity contribution in [2.75, 3.05) is 25.6 Å². The highest BCUT2D eigenvalue weighted by Crippen LogP contribution is 2.32. The summed E-state index contributed by atoms with van der Waals surface area (Å²) < 4.78 is 10.6. The molecular weight excluding hydrogens is 520 g/mol. The molecule has 0 spiro atoms. The lowest BCUT2D eigenvalue weighted by molar-refractivity contribution is -0.134. The van der Waals surface area contributed by atoms with Crippen LogP contribution >= 0.6 is 11.3 Å². The Hall–Kier alpha value is -4.09. The summed E-state index contributed by atoms with van der Waals surface area (Å²) in [7, 11) is 1.58. The number of nitrogens with one attached hydrogen (secondary N) is 2. The van der Waals surface area contributed by atoms with Crippen LogP contribution in [0.1, 0.15) is 53.8 Å². The number of carbonyl (C=O) groups is 4. The fourth-order valence-corrected chi connectivity index (χ4v) is 5.03. The van der Waals surface area contributed by atoms with Gasteiger partial charge >= 0.3 is 6.03 Å². The number of nitrogens with zero attached hydrogens (tertiary/aromatic N) is 2. The summed E-state index contributed by atoms with van der Waals surface area (Å²) in [5.41, 5.74) is 1.60. The maximum atomic E-state index is 13.6. The first-order valence-corrected chi connectivity index (χ1v) is 13.4. The van der Waals surface area contributed by atoms with Gasteiger partial charge in [-0.25, -0.2) is 14.7 Å². The molecule has 3 aromatic rings. The number of carbonyl (C=O) groups excluding carboxylic acids is 4. The highest BCUT2D eigenvalue weighted by atomic mass is 32.1. The van der Waals surface area contributed by atoms with Crippen LogP contribution in [0.3, 0.4) is 0 Å². The zero-order chi connectivity index (χ0) is 27.9. The molecule has 1 aliphatic rings. The number of hydrogen-bond acceptors (Lipinski definition) is 8. The molecule has 10 nitrogen and oxygen atoms in total. The number of thiazole rings is 1. The van der Waals surface area contributed by atoms with E-state index in [4.69, 9.17) is 9.47 Å². The van der Waals surface area contributed by atoms with Gasteiger partial charge in [0, 0.05) is 24.8 Å². The number of ketones is 1. The van der Waals surface area contributed by atoms with Crippen LogP contribution in [0.2, 0.25) is 0 Å². The van der Waals surface area contributed by atoms with Crippen molar-refractivity contribution in [2.45, 2.75) is 38.3 Å². The van der Waals surface area contributed by atoms with Gasteiger partial charge in [0.25, 0.3) is 5.91 Å². The molecule has 4 amide bonds. The Morgan fingerprint density at radius 2 is 1.82 bits per heavy atom. The lowest BCUT2D eigenvalue weighted by Gasteiger charge is -2.29. The number of methoxy groups -OCH3 is 1. The molecule has 0 saturated carbocycles. The van der Waals surface area contributed by atoms with Gasteiger partial charge in [0.15, 0.2) is 10.9 Å². The number of rotatable bonds is 12. The minimum Gasteiger partial charge on any atom is -0.491 e. The van der Waals surface area contributed by atoms with E-state index >= 15 is 0 Å². The van der Waals surface area contributed by atoms with E-state index in [0.29, 0.717) is 24.5 Å². The molecule has 1 saturated heterocycles. The fraction of sp³-hybridized carbons (Fsp3) is 0.321. The van der Waals surface area contributed by atoms with E-state index in [1.54, 1.807) is 50.6 Å². The van der Waals surface area contributed by atoms with Crippen LogP contribution in [-0.2, 0) is 14.3 Å². The number of aromatic nitrogens is 1. The summed E-state index contributed by atoms with van der Waals surface area (Å²) in [5.74, 6) is -1.20. The normalized spacial score (nSPS) is 16.5. The van der Waals surface area contributed by atoms with Crippen molar-refractivity contribution >= 4 is 40.1 Å². The fourth-order valence-electron chi connectivity index (χ4n) is 4.31. The van der Waals surface area contributed by atoms with Gasteiger partial charge in [-0.2, -0.15) is 0 Å². The highest BCUT2D eigenvalue weighted by Gasteiger charge is 2.47. The molecule has 0 aliphatic carbocycles. The van der Waals surface area contributed by atoms with E-state index in [-0.39, 0.29) is 23.0 Å². The quantitative estimate of drug-likeness (QED) is 0.197. The molecule has 2 N–H and O–H groups in total. The number of hydrogen-bond donors (Lipinski definition) is 2. The summed E-state index contributed by atoms with van der Waals surface area (Å²) in [6, 6.07) is 13.2. The van der Waals surface area contributed by atoms with E-state index in [1.165, 1.54) is 0 Å². The minimum absolute atomic E-state index is 0.145. The van der Waals surface area contributed by atoms with Gasteiger partial charge in [-0.1, -0.05) is 56.3 Å². The average molecular weight is 551 g/mol. The van der Waals surface area contributed by atoms with E-state index < -0.39 is 35.8 Å². The monoisotopic (exact) mass is 550 g/mol. The van der Waals surface area contributed by atoms with E-state index in [2.05, 4.69) is 15.6 Å². The second-order valence-corrected chi connectivity index (χ2v) is 9.81. The van der Waals surface area contributed by atoms with Crippen LogP contribution in [0.25, 0.3) is 0 Å². The van der Waals surface area contributed by atoms with Crippen molar-refractivity contribution in [1.29, 1.82) is 0 Å². The molecule has 1 aliphatic heterocycles. The zero-order valence-electron chi connectivity index (χ0n) is 21.9. The molecule has 0 bridgehead atoms. The Morgan fingerprint density at radius 1 is 1.10 bits per heavy atom. The van der Waals surface area contributed by atoms with Gasteiger partial charge in [-0.05, 0) is 23.3 Å². The van der Waals surface area contributed by atoms with Crippen LogP contribution in [-0.4, -0.2) is 59.9 Å². The predicted molar refractivity (Wildman–Crippen MR) is 146 cm³/mol. The Kier molecular flexibility index (Phi) is 9.05. The first kappa shape index (κ1) is 27.9. The van der Waals surface area contributed by atoms with Crippen LogP contribution in [0, 0.1) is 0 Å². The standard InChI is InChI=1S/C28H30N4O6S/c1-4-22(33)21-16-39-27(29-21)31-25(34)24(17(2)18-8-6-5-7-9-18)32-26(35)23(30-28(32)36)19-10-12-20(13-11-19)38-15-14-37-3/h5-13,16-17,23-24H,4,14-15H2,1-3H3,(H,30,36)(H,29,31,34)/t17-,23-,24-/m0/s1. The number of benzene rings is 2. The molecule has 4 rings (SSSR count). The number of anilines is 1. The van der Waals surface area contributed by atoms with Crippen molar-refractivity contribution in [2.24, 2.45) is 0 Å². The maximum Gasteiger partial charge on any atom is 0.325 e. The maximum absolute atomic E-state index is 13.6. The van der Waals surface area contributed by atoms with Crippen LogP contribution in [0.15, 0.2) is 60.0 Å². The number of urea groups is 1. The van der Waals surface area contributed by atoms with Gasteiger partial charge in [-0.3, -0.25) is 14.4 Å². The van der Waals surface area contributed by atoms with Crippen molar-refractivity contribution in [3.05, 3.63) is 76.8 Å². The molecule has 11 heteroatoms. The second kappa shape index (κ2) is 12.6. The zero-order valence-corrected chi connectivity index (χ0v) is 22.7. The Bertz CT molecular complexity index is 1330. The van der Waals surface area contributed by atoms with Gasteiger partial charge in [0.2, 0.25) is 5.91 Å². The van der Waals surface area contributed by atoms with E-state index in [9.17, 15) is 19.2 Å². The lowest BCUT2D eigenvalue weighted by atomic mass is 9.91. The number of ether oxygens (including phenoxy) is 2. The topological polar surface area (TPSA) is 127 Å². The average Bonchev–Trinajstić information content (AvgIpc) is 3.53. The summed E-state index contributed by atoms with van der Waals surface area (Å²) in [5, 5.41) is 7.22. The van der Waals surface area contributed by atoms with Crippen LogP contribution in [0.4, 0.5) is 9.93 Å². The molecule has 0 radical (unpaired) electrons. The van der Waals surface area contributed by atoms with Crippen LogP contribution in [0.5, 0.6) is 5.75 Å². The highest BCUT2D eigenvalue weighted by molar-refractivity contribution is 7.14. The first-order chi connectivity index (χ1) is 18.8. The lowest BCUT2D eigenvalue weighted by Crippen LogP contribution is -2.50. The van der Waals surface area contributed by atoms with Gasteiger partial charge in [0.05, 0.1) is 6.61 Å². The largest absolute Gasteiger partial charge is 0.491 e. The third-order valence-corrected chi connectivity index (χ3v) is 7.19. The first-order valence-electron chi connectivity index (χ1n) is 12.5. The number of imide groups is 1. The summed E-state index contributed by atoms with van der Waals surface area (Å²) in [6.45, 7) is 4.33. The molecule has 1 fully saturated rings. The summed E-state index contributed by atoms with van der Waals surface area (Å²) in [4.78, 5) is 57.7. The Balaban J connectivity index is 1.59. The predicted octanol–water partition coefficient (Wildman–Crippen LogP) is 4.16. The molecule has 3 atom stereocenters. The molecule has 204 valence electrons. The van der Waals surface area contributed by atoms with Gasteiger partial charge in [0.1, 0.15) is 30.1 Å². The van der Waals surface area contributed by atoms with Gasteiger partial charge < -0.3 is 20.1 Å². The molecular formula is C28H30N4O6S. The number of amides is 4. The van der Waals surface area contributed by atoms with Gasteiger partial charge in [-0.15, -0.1) is 11.3 Å². The van der Waals surface area contributed by atoms with Crippen LogP contribution < -0.4 is 15.4 Å². The van der Waals surface area contributed by atoms with Crippen molar-refractivity contribution in [3.8, 4) is 5.75 Å². The summed E-state index contributed by atoms with van der Waals surface area (Å²) in [6.07, 6.45) is 0.287. The second-order valence-electron chi connectivity index (χ2n) is 8.95. The number of Topliss-reactive ketones (excluding diaryl/α,β-unsaturated/α-hetero) is 1. The molecule has 2 aromatic carbocycles. The smallest absolute Gasteiger partial charge is 0.325 e. The van der Waals surface area contributed by atoms with E-state index in [1.807, 2.05) is 30.3 Å². The van der Waals surface area contributed by atoms with E-state index in [0.717, 1.165) is 21.8 Å². The van der Waals surface area contributed by atoms with Crippen molar-refractivity contribution in [3.63, 3.8) is 0 Å². The molecule has 0 unspecified atom stereocenters. The Morgan fingerprint density at radius 3 is 2.49 bits per heavy atom. The molecule has 39 heavy (non-hydrogen) atoms. The minimum atomic E-state index is -1.17. The summed E-state index contributed by atoms with van der Waals surface area (Å²) >= 11 is 1.11. The third kappa shape index (κ3) is 6.32. The van der Waals surface area contributed by atoms with Crippen molar-refractivity contribution < 1.29 is 28.7 Å². The Labute approximate surface area is 230 Å². The third-order valence-electron chi connectivity index (χ3n) is 6.43. The SMILES string of the molecule is CCC(=O)c1csc(NC(=O)[C@H]([C@@H](C)c2ccccc2)N2C(=O)N[C@@H](c3ccc(OCCOC)cc3)C2=O)n1. The van der Waals surface area contributed by atoms with Crippen molar-refractivity contribution in [1.82, 2.24) is 15.2 Å². The molecule has 2 heterocycles. The molecule has 1 aromatic heterocycles.